The fraction of sp³-hybridized carbons (Fsp3) is 0.333. The molecule has 7 nitrogen and oxygen atoms in total. The van der Waals surface area contributed by atoms with E-state index in [0.717, 1.165) is 24.3 Å². The van der Waals surface area contributed by atoms with Gasteiger partial charge in [-0.2, -0.15) is 4.72 Å². The van der Waals surface area contributed by atoms with Gasteiger partial charge in [0.2, 0.25) is 10.0 Å². The SMILES string of the molecule is CC(C)[C@H](NS(=O)(=O)c1ccc(C(=O)O)cc1)C(=O)O. The van der Waals surface area contributed by atoms with Gasteiger partial charge >= 0.3 is 11.9 Å². The molecule has 0 unspecified atom stereocenters. The number of hydrogen-bond acceptors (Lipinski definition) is 4. The van der Waals surface area contributed by atoms with Crippen molar-refractivity contribution in [3.8, 4) is 0 Å². The summed E-state index contributed by atoms with van der Waals surface area (Å²) >= 11 is 0. The van der Waals surface area contributed by atoms with Gasteiger partial charge in [0.25, 0.3) is 0 Å². The van der Waals surface area contributed by atoms with Crippen LogP contribution in [0.25, 0.3) is 0 Å². The lowest BCUT2D eigenvalue weighted by atomic mass is 10.1. The second kappa shape index (κ2) is 6.02. The zero-order valence-corrected chi connectivity index (χ0v) is 11.7. The van der Waals surface area contributed by atoms with E-state index in [1.54, 1.807) is 13.8 Å². The van der Waals surface area contributed by atoms with Gasteiger partial charge in [0.05, 0.1) is 10.5 Å². The summed E-state index contributed by atoms with van der Waals surface area (Å²) < 4.78 is 26.1. The summed E-state index contributed by atoms with van der Waals surface area (Å²) in [5.74, 6) is -2.88. The number of carboxylic acids is 2. The minimum Gasteiger partial charge on any atom is -0.480 e. The van der Waals surface area contributed by atoms with Crippen LogP contribution in [0.1, 0.15) is 24.2 Å². The van der Waals surface area contributed by atoms with Gasteiger partial charge < -0.3 is 10.2 Å². The fourth-order valence-electron chi connectivity index (χ4n) is 1.48. The normalized spacial score (nSPS) is 13.2. The number of aliphatic carboxylic acids is 1. The molecule has 0 amide bonds. The fourth-order valence-corrected chi connectivity index (χ4v) is 2.82. The van der Waals surface area contributed by atoms with Gasteiger partial charge in [-0.15, -0.1) is 0 Å². The van der Waals surface area contributed by atoms with E-state index in [1.165, 1.54) is 0 Å². The smallest absolute Gasteiger partial charge is 0.335 e. The van der Waals surface area contributed by atoms with Crippen molar-refractivity contribution < 1.29 is 28.2 Å². The molecule has 110 valence electrons. The molecular formula is C12H15NO6S. The third-order valence-electron chi connectivity index (χ3n) is 2.63. The van der Waals surface area contributed by atoms with Gasteiger partial charge in [-0.05, 0) is 30.2 Å². The number of rotatable bonds is 6. The summed E-state index contributed by atoms with van der Waals surface area (Å²) in [6.45, 7) is 3.16. The van der Waals surface area contributed by atoms with Gasteiger partial charge in [-0.25, -0.2) is 13.2 Å². The summed E-state index contributed by atoms with van der Waals surface area (Å²) in [6.07, 6.45) is 0. The molecule has 0 saturated heterocycles. The van der Waals surface area contributed by atoms with E-state index < -0.39 is 33.9 Å². The van der Waals surface area contributed by atoms with E-state index in [2.05, 4.69) is 4.72 Å². The summed E-state index contributed by atoms with van der Waals surface area (Å²) in [7, 11) is -4.02. The number of nitrogens with one attached hydrogen (secondary N) is 1. The standard InChI is InChI=1S/C12H15NO6S/c1-7(2)10(12(16)17)13-20(18,19)9-5-3-8(4-6-9)11(14)15/h3-7,10,13H,1-2H3,(H,14,15)(H,16,17)/t10-/m0/s1. The van der Waals surface area contributed by atoms with Crippen LogP contribution in [-0.2, 0) is 14.8 Å². The van der Waals surface area contributed by atoms with Crippen molar-refractivity contribution >= 4 is 22.0 Å². The van der Waals surface area contributed by atoms with E-state index >= 15 is 0 Å². The molecule has 0 fully saturated rings. The predicted molar refractivity (Wildman–Crippen MR) is 70.0 cm³/mol. The number of hydrogen-bond donors (Lipinski definition) is 3. The maximum atomic E-state index is 12.0. The Kier molecular flexibility index (Phi) is 4.85. The first-order chi connectivity index (χ1) is 9.15. The van der Waals surface area contributed by atoms with Crippen LogP contribution in [0, 0.1) is 5.92 Å². The van der Waals surface area contributed by atoms with Crippen LogP contribution in [0.4, 0.5) is 0 Å². The Morgan fingerprint density at radius 3 is 1.95 bits per heavy atom. The maximum absolute atomic E-state index is 12.0. The highest BCUT2D eigenvalue weighted by atomic mass is 32.2. The van der Waals surface area contributed by atoms with Crippen LogP contribution in [-0.4, -0.2) is 36.6 Å². The zero-order chi connectivity index (χ0) is 15.5. The first-order valence-electron chi connectivity index (χ1n) is 5.73. The van der Waals surface area contributed by atoms with Crippen molar-refractivity contribution in [1.29, 1.82) is 0 Å². The summed E-state index contributed by atoms with van der Waals surface area (Å²) in [6, 6.07) is 3.26. The van der Waals surface area contributed by atoms with Gasteiger partial charge in [-0.1, -0.05) is 13.8 Å². The second-order valence-corrected chi connectivity index (χ2v) is 6.22. The predicted octanol–water partition coefficient (Wildman–Crippen LogP) is 0.772. The van der Waals surface area contributed by atoms with Gasteiger partial charge in [-0.3, -0.25) is 4.79 Å². The molecule has 0 aliphatic rings. The van der Waals surface area contributed by atoms with Crippen molar-refractivity contribution in [2.45, 2.75) is 24.8 Å². The number of sulfonamides is 1. The molecule has 0 spiro atoms. The highest BCUT2D eigenvalue weighted by molar-refractivity contribution is 7.89. The molecule has 0 bridgehead atoms. The molecule has 3 N–H and O–H groups in total. The molecule has 0 heterocycles. The van der Waals surface area contributed by atoms with Crippen molar-refractivity contribution in [2.24, 2.45) is 5.92 Å². The van der Waals surface area contributed by atoms with Crippen molar-refractivity contribution in [2.75, 3.05) is 0 Å². The van der Waals surface area contributed by atoms with Crippen LogP contribution in [0.5, 0.6) is 0 Å². The summed E-state index contributed by atoms with van der Waals surface area (Å²) in [5, 5.41) is 17.7. The Hall–Kier alpha value is -1.93. The molecule has 0 radical (unpaired) electrons. The largest absolute Gasteiger partial charge is 0.480 e. The number of aromatic carboxylic acids is 1. The Bertz CT molecular complexity index is 605. The number of carboxylic acid groups (broad SMARTS) is 2. The summed E-state index contributed by atoms with van der Waals surface area (Å²) in [4.78, 5) is 21.5. The van der Waals surface area contributed by atoms with Gasteiger partial charge in [0.1, 0.15) is 6.04 Å². The molecule has 0 saturated carbocycles. The number of benzene rings is 1. The first kappa shape index (κ1) is 16.1. The first-order valence-corrected chi connectivity index (χ1v) is 7.22. The second-order valence-electron chi connectivity index (χ2n) is 4.51. The topological polar surface area (TPSA) is 121 Å². The number of carbonyl (C=O) groups is 2. The van der Waals surface area contributed by atoms with E-state index in [-0.39, 0.29) is 10.5 Å². The lowest BCUT2D eigenvalue weighted by Crippen LogP contribution is -2.44. The quantitative estimate of drug-likeness (QED) is 0.713. The van der Waals surface area contributed by atoms with E-state index in [4.69, 9.17) is 10.2 Å². The van der Waals surface area contributed by atoms with Crippen molar-refractivity contribution in [3.63, 3.8) is 0 Å². The van der Waals surface area contributed by atoms with Crippen LogP contribution in [0.15, 0.2) is 29.2 Å². The molecule has 1 aromatic rings. The Labute approximate surface area is 116 Å². The molecule has 8 heteroatoms. The molecular weight excluding hydrogens is 286 g/mol. The Balaban J connectivity index is 3.04. The monoisotopic (exact) mass is 301 g/mol. The molecule has 0 aliphatic heterocycles. The minimum absolute atomic E-state index is 0.0532. The molecule has 1 rings (SSSR count). The average molecular weight is 301 g/mol. The maximum Gasteiger partial charge on any atom is 0.335 e. The highest BCUT2D eigenvalue weighted by Crippen LogP contribution is 2.13. The van der Waals surface area contributed by atoms with Crippen LogP contribution in [0.3, 0.4) is 0 Å². The molecule has 1 aromatic carbocycles. The lowest BCUT2D eigenvalue weighted by molar-refractivity contribution is -0.140. The van der Waals surface area contributed by atoms with Gasteiger partial charge in [0.15, 0.2) is 0 Å². The minimum atomic E-state index is -4.02. The molecule has 1 atom stereocenters. The molecule has 20 heavy (non-hydrogen) atoms. The summed E-state index contributed by atoms with van der Waals surface area (Å²) in [5.41, 5.74) is -0.0532. The van der Waals surface area contributed by atoms with E-state index in [9.17, 15) is 18.0 Å². The van der Waals surface area contributed by atoms with E-state index in [0.29, 0.717) is 0 Å². The van der Waals surface area contributed by atoms with Gasteiger partial charge in [0, 0.05) is 0 Å². The van der Waals surface area contributed by atoms with Crippen LogP contribution < -0.4 is 4.72 Å². The van der Waals surface area contributed by atoms with Crippen LogP contribution in [0.2, 0.25) is 0 Å². The molecule has 0 aromatic heterocycles. The Morgan fingerprint density at radius 1 is 1.10 bits per heavy atom. The van der Waals surface area contributed by atoms with Crippen molar-refractivity contribution in [1.82, 2.24) is 4.72 Å². The lowest BCUT2D eigenvalue weighted by Gasteiger charge is -2.17. The highest BCUT2D eigenvalue weighted by Gasteiger charge is 2.27. The Morgan fingerprint density at radius 2 is 1.60 bits per heavy atom. The van der Waals surface area contributed by atoms with Crippen LogP contribution >= 0.6 is 0 Å². The van der Waals surface area contributed by atoms with Crippen molar-refractivity contribution in [3.05, 3.63) is 29.8 Å². The molecule has 0 aliphatic carbocycles. The third kappa shape index (κ3) is 3.78. The average Bonchev–Trinajstić information content (AvgIpc) is 2.35. The third-order valence-corrected chi connectivity index (χ3v) is 4.08. The zero-order valence-electron chi connectivity index (χ0n) is 10.9. The van der Waals surface area contributed by atoms with E-state index in [1.807, 2.05) is 0 Å².